The second kappa shape index (κ2) is 4.84. The fourth-order valence-electron chi connectivity index (χ4n) is 2.65. The Kier molecular flexibility index (Phi) is 3.24. The lowest BCUT2D eigenvalue weighted by Crippen LogP contribution is -2.25. The highest BCUT2D eigenvalue weighted by Crippen LogP contribution is 2.40. The standard InChI is InChI=1S/C16H17NO3S/c1-16(2)7-10-14(12(19)8-16)21-15(17-10)9-4-5-11(18)13(6-9)20-3/h4-6,18H,7-8H2,1-3H3. The molecule has 0 radical (unpaired) electrons. The second-order valence-corrected chi connectivity index (χ2v) is 7.12. The summed E-state index contributed by atoms with van der Waals surface area (Å²) >= 11 is 1.42. The number of hydrogen-bond donors (Lipinski definition) is 1. The third-order valence-corrected chi connectivity index (χ3v) is 4.85. The smallest absolute Gasteiger partial charge is 0.175 e. The van der Waals surface area contributed by atoms with Crippen LogP contribution in [0, 0.1) is 5.41 Å². The van der Waals surface area contributed by atoms with Crippen molar-refractivity contribution in [1.29, 1.82) is 0 Å². The van der Waals surface area contributed by atoms with Crippen LogP contribution >= 0.6 is 11.3 Å². The van der Waals surface area contributed by atoms with E-state index in [2.05, 4.69) is 18.8 Å². The van der Waals surface area contributed by atoms with E-state index in [1.807, 2.05) is 0 Å². The minimum atomic E-state index is -0.0257. The van der Waals surface area contributed by atoms with Gasteiger partial charge in [0.2, 0.25) is 0 Å². The number of rotatable bonds is 2. The van der Waals surface area contributed by atoms with Gasteiger partial charge in [-0.3, -0.25) is 4.79 Å². The molecule has 21 heavy (non-hydrogen) atoms. The number of phenolic OH excluding ortho intramolecular Hbond substituents is 1. The highest BCUT2D eigenvalue weighted by Gasteiger charge is 2.34. The molecule has 0 unspecified atom stereocenters. The number of carbonyl (C=O) groups is 1. The SMILES string of the molecule is COc1cc(-c2nc3c(s2)C(=O)CC(C)(C)C3)ccc1O. The first-order valence-corrected chi connectivity index (χ1v) is 7.61. The van der Waals surface area contributed by atoms with Crippen LogP contribution in [0.3, 0.4) is 0 Å². The molecule has 3 rings (SSSR count). The van der Waals surface area contributed by atoms with Crippen molar-refractivity contribution >= 4 is 17.1 Å². The zero-order chi connectivity index (χ0) is 15.2. The molecular weight excluding hydrogens is 286 g/mol. The Labute approximate surface area is 127 Å². The highest BCUT2D eigenvalue weighted by molar-refractivity contribution is 7.17. The maximum Gasteiger partial charge on any atom is 0.175 e. The summed E-state index contributed by atoms with van der Waals surface area (Å²) in [6.07, 6.45) is 1.39. The molecule has 1 aromatic carbocycles. The van der Waals surface area contributed by atoms with Crippen LogP contribution in [0.5, 0.6) is 11.5 Å². The molecule has 1 aliphatic rings. The van der Waals surface area contributed by atoms with E-state index in [-0.39, 0.29) is 16.9 Å². The number of methoxy groups -OCH3 is 1. The monoisotopic (exact) mass is 303 g/mol. The number of fused-ring (bicyclic) bond motifs is 1. The molecule has 1 aliphatic carbocycles. The van der Waals surface area contributed by atoms with Crippen molar-refractivity contribution in [1.82, 2.24) is 4.98 Å². The third kappa shape index (κ3) is 2.53. The maximum absolute atomic E-state index is 12.2. The zero-order valence-electron chi connectivity index (χ0n) is 12.3. The zero-order valence-corrected chi connectivity index (χ0v) is 13.1. The molecule has 0 amide bonds. The number of benzene rings is 1. The fraction of sp³-hybridized carbons (Fsp3) is 0.375. The first-order valence-electron chi connectivity index (χ1n) is 6.80. The fourth-order valence-corrected chi connectivity index (χ4v) is 3.67. The Hall–Kier alpha value is -1.88. The molecule has 0 aliphatic heterocycles. The van der Waals surface area contributed by atoms with E-state index in [1.54, 1.807) is 18.2 Å². The number of hydrogen-bond acceptors (Lipinski definition) is 5. The van der Waals surface area contributed by atoms with E-state index in [0.29, 0.717) is 12.2 Å². The van der Waals surface area contributed by atoms with Crippen LogP contribution in [0.1, 0.15) is 35.6 Å². The van der Waals surface area contributed by atoms with Gasteiger partial charge in [-0.2, -0.15) is 0 Å². The summed E-state index contributed by atoms with van der Waals surface area (Å²) in [5.74, 6) is 0.683. The van der Waals surface area contributed by atoms with Crippen molar-refractivity contribution in [2.24, 2.45) is 5.41 Å². The van der Waals surface area contributed by atoms with Crippen molar-refractivity contribution in [3.63, 3.8) is 0 Å². The van der Waals surface area contributed by atoms with Gasteiger partial charge in [0.25, 0.3) is 0 Å². The van der Waals surface area contributed by atoms with E-state index in [4.69, 9.17) is 4.74 Å². The minimum absolute atomic E-state index is 0.0257. The molecule has 0 atom stereocenters. The molecule has 1 heterocycles. The summed E-state index contributed by atoms with van der Waals surface area (Å²) < 4.78 is 5.12. The number of ketones is 1. The Morgan fingerprint density at radius 1 is 1.33 bits per heavy atom. The first-order chi connectivity index (χ1) is 9.89. The van der Waals surface area contributed by atoms with Gasteiger partial charge in [0.15, 0.2) is 17.3 Å². The highest BCUT2D eigenvalue weighted by atomic mass is 32.1. The number of carbonyl (C=O) groups excluding carboxylic acids is 1. The van der Waals surface area contributed by atoms with Crippen LogP contribution in [-0.4, -0.2) is 23.0 Å². The topological polar surface area (TPSA) is 59.4 Å². The molecule has 1 N–H and O–H groups in total. The normalized spacial score (nSPS) is 16.6. The van der Waals surface area contributed by atoms with Gasteiger partial charge < -0.3 is 9.84 Å². The Morgan fingerprint density at radius 2 is 2.10 bits per heavy atom. The van der Waals surface area contributed by atoms with E-state index in [9.17, 15) is 9.90 Å². The molecule has 110 valence electrons. The van der Waals surface area contributed by atoms with Gasteiger partial charge in [-0.15, -0.1) is 11.3 Å². The Morgan fingerprint density at radius 3 is 2.81 bits per heavy atom. The number of phenols is 1. The van der Waals surface area contributed by atoms with Gasteiger partial charge in [-0.05, 0) is 30.0 Å². The van der Waals surface area contributed by atoms with E-state index in [0.717, 1.165) is 27.6 Å². The number of thiazole rings is 1. The molecule has 5 heteroatoms. The number of ether oxygens (including phenoxy) is 1. The summed E-state index contributed by atoms with van der Waals surface area (Å²) in [4.78, 5) is 17.6. The van der Waals surface area contributed by atoms with Crippen LogP contribution in [0.25, 0.3) is 10.6 Å². The summed E-state index contributed by atoms with van der Waals surface area (Å²) in [5, 5.41) is 10.5. The minimum Gasteiger partial charge on any atom is -0.504 e. The average molecular weight is 303 g/mol. The number of aromatic hydroxyl groups is 1. The van der Waals surface area contributed by atoms with Crippen LogP contribution < -0.4 is 4.74 Å². The number of aromatic nitrogens is 1. The quantitative estimate of drug-likeness (QED) is 0.919. The lowest BCUT2D eigenvalue weighted by Gasteiger charge is -2.26. The predicted molar refractivity (Wildman–Crippen MR) is 82.2 cm³/mol. The van der Waals surface area contributed by atoms with Crippen molar-refractivity contribution < 1.29 is 14.6 Å². The van der Waals surface area contributed by atoms with Crippen molar-refractivity contribution in [2.75, 3.05) is 7.11 Å². The Bertz CT molecular complexity index is 718. The second-order valence-electron chi connectivity index (χ2n) is 6.12. The summed E-state index contributed by atoms with van der Waals surface area (Å²) in [5.41, 5.74) is 1.72. The summed E-state index contributed by atoms with van der Waals surface area (Å²) in [7, 11) is 1.51. The molecule has 0 fully saturated rings. The maximum atomic E-state index is 12.2. The average Bonchev–Trinajstić information content (AvgIpc) is 2.82. The molecule has 0 bridgehead atoms. The van der Waals surface area contributed by atoms with Gasteiger partial charge in [-0.25, -0.2) is 4.98 Å². The van der Waals surface area contributed by atoms with E-state index >= 15 is 0 Å². The third-order valence-electron chi connectivity index (χ3n) is 3.66. The van der Waals surface area contributed by atoms with E-state index < -0.39 is 0 Å². The van der Waals surface area contributed by atoms with Crippen LogP contribution in [0.2, 0.25) is 0 Å². The molecule has 2 aromatic rings. The molecule has 0 saturated carbocycles. The summed E-state index contributed by atoms with van der Waals surface area (Å²) in [6, 6.07) is 5.12. The van der Waals surface area contributed by atoms with Crippen LogP contribution in [-0.2, 0) is 6.42 Å². The predicted octanol–water partition coefficient (Wildman–Crippen LogP) is 3.68. The Balaban J connectivity index is 2.04. The molecule has 4 nitrogen and oxygen atoms in total. The first kappa shape index (κ1) is 14.1. The van der Waals surface area contributed by atoms with Gasteiger partial charge in [-0.1, -0.05) is 13.8 Å². The van der Waals surface area contributed by atoms with Crippen molar-refractivity contribution in [3.05, 3.63) is 28.8 Å². The largest absolute Gasteiger partial charge is 0.504 e. The van der Waals surface area contributed by atoms with Gasteiger partial charge in [0, 0.05) is 12.0 Å². The molecule has 0 saturated heterocycles. The van der Waals surface area contributed by atoms with Gasteiger partial charge in [0.05, 0.1) is 17.7 Å². The molecule has 1 aromatic heterocycles. The lowest BCUT2D eigenvalue weighted by molar-refractivity contribution is 0.0916. The van der Waals surface area contributed by atoms with Crippen LogP contribution in [0.4, 0.5) is 0 Å². The number of Topliss-reactive ketones (excluding diaryl/α,β-unsaturated/α-hetero) is 1. The van der Waals surface area contributed by atoms with Crippen molar-refractivity contribution in [3.8, 4) is 22.1 Å². The van der Waals surface area contributed by atoms with E-state index in [1.165, 1.54) is 18.4 Å². The van der Waals surface area contributed by atoms with Crippen molar-refractivity contribution in [2.45, 2.75) is 26.7 Å². The van der Waals surface area contributed by atoms with Gasteiger partial charge in [0.1, 0.15) is 5.01 Å². The lowest BCUT2D eigenvalue weighted by atomic mass is 9.78. The molecule has 0 spiro atoms. The number of nitrogens with zero attached hydrogens (tertiary/aromatic N) is 1. The molecular formula is C16H17NO3S. The van der Waals surface area contributed by atoms with Gasteiger partial charge >= 0.3 is 0 Å². The van der Waals surface area contributed by atoms with Crippen LogP contribution in [0.15, 0.2) is 18.2 Å². The summed E-state index contributed by atoms with van der Waals surface area (Å²) in [6.45, 7) is 4.19.